The summed E-state index contributed by atoms with van der Waals surface area (Å²) in [5, 5.41) is 8.13. The molecule has 0 aromatic carbocycles. The first-order valence-corrected chi connectivity index (χ1v) is 4.03. The van der Waals surface area contributed by atoms with E-state index in [2.05, 4.69) is 6.07 Å². The Morgan fingerprint density at radius 1 is 1.62 bits per heavy atom. The Morgan fingerprint density at radius 2 is 2.38 bits per heavy atom. The topological polar surface area (TPSA) is 23.8 Å². The van der Waals surface area contributed by atoms with E-state index in [9.17, 15) is 0 Å². The van der Waals surface area contributed by atoms with E-state index in [0.717, 1.165) is 5.92 Å². The van der Waals surface area contributed by atoms with Crippen LogP contribution in [0.1, 0.15) is 12.8 Å². The van der Waals surface area contributed by atoms with Crippen molar-refractivity contribution in [3.8, 4) is 6.07 Å². The predicted molar refractivity (Wildman–Crippen MR) is 35.7 cm³/mol. The zero-order valence-electron chi connectivity index (χ0n) is 4.76. The third kappa shape index (κ3) is 2.23. The van der Waals surface area contributed by atoms with Crippen molar-refractivity contribution in [2.24, 2.45) is 5.92 Å². The fourth-order valence-electron chi connectivity index (χ4n) is 0.556. The van der Waals surface area contributed by atoms with Gasteiger partial charge in [-0.05, 0) is 24.5 Å². The van der Waals surface area contributed by atoms with Gasteiger partial charge in [-0.3, -0.25) is 0 Å². The van der Waals surface area contributed by atoms with Crippen LogP contribution in [-0.4, -0.2) is 11.5 Å². The molecule has 0 aromatic heterocycles. The Bertz CT molecular complexity index is 102. The zero-order chi connectivity index (χ0) is 5.82. The maximum atomic E-state index is 8.13. The van der Waals surface area contributed by atoms with E-state index in [0.29, 0.717) is 5.75 Å². The van der Waals surface area contributed by atoms with Crippen molar-refractivity contribution in [1.29, 1.82) is 5.26 Å². The molecule has 0 N–H and O–H groups in total. The first-order chi connectivity index (χ1) is 3.93. The molecular formula is C6H9NS. The Hall–Kier alpha value is -0.160. The van der Waals surface area contributed by atoms with Gasteiger partial charge in [-0.2, -0.15) is 5.26 Å². The van der Waals surface area contributed by atoms with Gasteiger partial charge in [0.1, 0.15) is 0 Å². The summed E-state index contributed by atoms with van der Waals surface area (Å²) >= 11 is 1.76. The largest absolute Gasteiger partial charge is 0.197 e. The second kappa shape index (κ2) is 2.99. The highest BCUT2D eigenvalue weighted by molar-refractivity contribution is 7.99. The quantitative estimate of drug-likeness (QED) is 0.538. The molecule has 1 nitrogen and oxygen atoms in total. The van der Waals surface area contributed by atoms with Crippen LogP contribution in [0.3, 0.4) is 0 Å². The normalized spacial score (nSPS) is 17.9. The second-order valence-corrected chi connectivity index (χ2v) is 3.15. The molecule has 0 spiro atoms. The van der Waals surface area contributed by atoms with Crippen LogP contribution in [0.25, 0.3) is 0 Å². The van der Waals surface area contributed by atoms with Crippen LogP contribution in [0.5, 0.6) is 0 Å². The van der Waals surface area contributed by atoms with E-state index in [1.807, 2.05) is 0 Å². The number of thioether (sulfide) groups is 1. The predicted octanol–water partition coefficient (Wildman–Crippen LogP) is 1.65. The van der Waals surface area contributed by atoms with Crippen molar-refractivity contribution in [2.75, 3.05) is 11.5 Å². The molecule has 1 rings (SSSR count). The van der Waals surface area contributed by atoms with Crippen LogP contribution in [0.15, 0.2) is 0 Å². The maximum Gasteiger partial charge on any atom is 0.0808 e. The average Bonchev–Trinajstić information content (AvgIpc) is 2.51. The Kier molecular flexibility index (Phi) is 2.23. The molecule has 0 heterocycles. The first kappa shape index (κ1) is 5.97. The first-order valence-electron chi connectivity index (χ1n) is 2.88. The second-order valence-electron chi connectivity index (χ2n) is 2.12. The molecule has 1 saturated carbocycles. The van der Waals surface area contributed by atoms with Gasteiger partial charge in [0, 0.05) is 0 Å². The minimum Gasteiger partial charge on any atom is -0.197 e. The summed E-state index contributed by atoms with van der Waals surface area (Å²) in [6, 6.07) is 2.11. The van der Waals surface area contributed by atoms with Crippen molar-refractivity contribution in [3.63, 3.8) is 0 Å². The molecule has 0 atom stereocenters. The molecule has 1 aliphatic carbocycles. The summed E-state index contributed by atoms with van der Waals surface area (Å²) < 4.78 is 0. The van der Waals surface area contributed by atoms with Crippen LogP contribution in [0.2, 0.25) is 0 Å². The minimum atomic E-state index is 0.677. The fourth-order valence-corrected chi connectivity index (χ4v) is 1.43. The van der Waals surface area contributed by atoms with E-state index in [1.54, 1.807) is 11.8 Å². The molecule has 44 valence electrons. The minimum absolute atomic E-state index is 0.677. The lowest BCUT2D eigenvalue weighted by Crippen LogP contribution is -1.80. The van der Waals surface area contributed by atoms with Gasteiger partial charge in [-0.1, -0.05) is 0 Å². The van der Waals surface area contributed by atoms with Gasteiger partial charge in [0.05, 0.1) is 11.8 Å². The van der Waals surface area contributed by atoms with Crippen LogP contribution >= 0.6 is 11.8 Å². The van der Waals surface area contributed by atoms with Gasteiger partial charge in [-0.25, -0.2) is 0 Å². The maximum absolute atomic E-state index is 8.13. The van der Waals surface area contributed by atoms with Gasteiger partial charge in [0.15, 0.2) is 0 Å². The van der Waals surface area contributed by atoms with E-state index in [4.69, 9.17) is 5.26 Å². The van der Waals surface area contributed by atoms with Crippen molar-refractivity contribution < 1.29 is 0 Å². The third-order valence-electron chi connectivity index (χ3n) is 1.22. The summed E-state index contributed by atoms with van der Waals surface area (Å²) in [5.74, 6) is 2.86. The highest BCUT2D eigenvalue weighted by atomic mass is 32.2. The molecular weight excluding hydrogens is 118 g/mol. The van der Waals surface area contributed by atoms with E-state index >= 15 is 0 Å². The van der Waals surface area contributed by atoms with Crippen molar-refractivity contribution in [3.05, 3.63) is 0 Å². The Morgan fingerprint density at radius 3 is 2.88 bits per heavy atom. The van der Waals surface area contributed by atoms with Crippen molar-refractivity contribution in [2.45, 2.75) is 12.8 Å². The van der Waals surface area contributed by atoms with Gasteiger partial charge in [0.25, 0.3) is 0 Å². The summed E-state index contributed by atoms with van der Waals surface area (Å²) in [6.07, 6.45) is 2.80. The molecule has 8 heavy (non-hydrogen) atoms. The molecule has 0 aliphatic heterocycles. The number of nitriles is 1. The molecule has 0 unspecified atom stereocenters. The number of rotatable bonds is 3. The molecule has 0 bridgehead atoms. The molecule has 1 aliphatic rings. The van der Waals surface area contributed by atoms with Gasteiger partial charge < -0.3 is 0 Å². The monoisotopic (exact) mass is 127 g/mol. The van der Waals surface area contributed by atoms with E-state index < -0.39 is 0 Å². The Labute approximate surface area is 54.1 Å². The lowest BCUT2D eigenvalue weighted by Gasteiger charge is -1.87. The number of nitrogens with zero attached hydrogens (tertiary/aromatic N) is 1. The van der Waals surface area contributed by atoms with Crippen LogP contribution < -0.4 is 0 Å². The highest BCUT2D eigenvalue weighted by Gasteiger charge is 2.20. The molecule has 0 aromatic rings. The zero-order valence-corrected chi connectivity index (χ0v) is 5.58. The van der Waals surface area contributed by atoms with E-state index in [-0.39, 0.29) is 0 Å². The van der Waals surface area contributed by atoms with Crippen molar-refractivity contribution in [1.82, 2.24) is 0 Å². The molecule has 1 fully saturated rings. The summed E-state index contributed by atoms with van der Waals surface area (Å²) in [5.41, 5.74) is 0. The molecule has 0 saturated heterocycles. The van der Waals surface area contributed by atoms with Gasteiger partial charge in [-0.15, -0.1) is 11.8 Å². The van der Waals surface area contributed by atoms with Crippen LogP contribution in [0.4, 0.5) is 0 Å². The lowest BCUT2D eigenvalue weighted by molar-refractivity contribution is 1.00. The summed E-state index contributed by atoms with van der Waals surface area (Å²) in [4.78, 5) is 0. The Balaban J connectivity index is 1.83. The highest BCUT2D eigenvalue weighted by Crippen LogP contribution is 2.31. The average molecular weight is 127 g/mol. The van der Waals surface area contributed by atoms with Crippen LogP contribution in [-0.2, 0) is 0 Å². The molecule has 0 amide bonds. The van der Waals surface area contributed by atoms with Gasteiger partial charge >= 0.3 is 0 Å². The molecule has 2 heteroatoms. The van der Waals surface area contributed by atoms with Crippen molar-refractivity contribution >= 4 is 11.8 Å². The smallest absolute Gasteiger partial charge is 0.0808 e. The lowest BCUT2D eigenvalue weighted by atomic mass is 10.5. The summed E-state index contributed by atoms with van der Waals surface area (Å²) in [7, 11) is 0. The fraction of sp³-hybridized carbons (Fsp3) is 0.833. The van der Waals surface area contributed by atoms with Gasteiger partial charge in [0.2, 0.25) is 0 Å². The number of hydrogen-bond acceptors (Lipinski definition) is 2. The summed E-state index contributed by atoms with van der Waals surface area (Å²) in [6.45, 7) is 0. The SMILES string of the molecule is N#CCSCC1CC1. The molecule has 0 radical (unpaired) electrons. The number of hydrogen-bond donors (Lipinski definition) is 0. The van der Waals surface area contributed by atoms with E-state index in [1.165, 1.54) is 18.6 Å². The standard InChI is InChI=1S/C6H9NS/c7-3-4-8-5-6-1-2-6/h6H,1-2,4-5H2. The van der Waals surface area contributed by atoms with Crippen LogP contribution in [0, 0.1) is 17.2 Å². The third-order valence-corrected chi connectivity index (χ3v) is 2.26.